The minimum Gasteiger partial charge on any atom is -0.341 e. The molecule has 1 aliphatic rings. The number of piperidine rings is 1. The molecular weight excluding hydrogens is 406 g/mol. The van der Waals surface area contributed by atoms with Crippen LogP contribution in [-0.2, 0) is 19.6 Å². The van der Waals surface area contributed by atoms with Crippen molar-refractivity contribution in [2.45, 2.75) is 38.5 Å². The Labute approximate surface area is 176 Å². The number of carbonyl (C=O) groups excluding carboxylic acids is 2. The van der Waals surface area contributed by atoms with E-state index >= 15 is 0 Å². The van der Waals surface area contributed by atoms with E-state index in [-0.39, 0.29) is 16.7 Å². The topological polar surface area (TPSA) is 121 Å². The van der Waals surface area contributed by atoms with Crippen molar-refractivity contribution in [3.8, 4) is 0 Å². The zero-order valence-corrected chi connectivity index (χ0v) is 18.0. The third-order valence-corrected chi connectivity index (χ3v) is 6.28. The van der Waals surface area contributed by atoms with E-state index < -0.39 is 15.9 Å². The van der Waals surface area contributed by atoms with Crippen LogP contribution in [0.15, 0.2) is 35.2 Å². The third-order valence-electron chi connectivity index (χ3n) is 4.83. The molecule has 1 aromatic carbocycles. The van der Waals surface area contributed by atoms with Gasteiger partial charge in [-0.25, -0.2) is 23.1 Å². The summed E-state index contributed by atoms with van der Waals surface area (Å²) in [5, 5.41) is 2.83. The molecule has 9 nitrogen and oxygen atoms in total. The van der Waals surface area contributed by atoms with E-state index in [4.69, 9.17) is 0 Å². The highest BCUT2D eigenvalue weighted by Gasteiger charge is 2.26. The minimum atomic E-state index is -3.89. The van der Waals surface area contributed by atoms with Crippen LogP contribution in [0.4, 0.5) is 11.6 Å². The van der Waals surface area contributed by atoms with Gasteiger partial charge in [0.15, 0.2) is 0 Å². The Morgan fingerprint density at radius 1 is 1.03 bits per heavy atom. The number of aryl methyl sites for hydroxylation is 2. The Hall–Kier alpha value is -3.01. The zero-order valence-electron chi connectivity index (χ0n) is 17.2. The monoisotopic (exact) mass is 431 g/mol. The van der Waals surface area contributed by atoms with Gasteiger partial charge in [-0.3, -0.25) is 9.59 Å². The summed E-state index contributed by atoms with van der Waals surface area (Å²) in [6, 6.07) is 7.63. The Morgan fingerprint density at radius 3 is 2.13 bits per heavy atom. The number of nitrogens with one attached hydrogen (secondary N) is 2. The molecule has 30 heavy (non-hydrogen) atoms. The molecule has 2 amide bonds. The van der Waals surface area contributed by atoms with E-state index in [1.54, 1.807) is 0 Å². The lowest BCUT2D eigenvalue weighted by Crippen LogP contribution is -2.39. The van der Waals surface area contributed by atoms with Crippen LogP contribution in [0, 0.1) is 19.8 Å². The smallest absolute Gasteiger partial charge is 0.264 e. The van der Waals surface area contributed by atoms with Gasteiger partial charge in [-0.05, 0) is 57.0 Å². The highest BCUT2D eigenvalue weighted by atomic mass is 32.2. The first-order valence-corrected chi connectivity index (χ1v) is 11.1. The number of hydrogen-bond donors (Lipinski definition) is 2. The van der Waals surface area contributed by atoms with Gasteiger partial charge in [0.2, 0.25) is 17.8 Å². The van der Waals surface area contributed by atoms with Gasteiger partial charge >= 0.3 is 0 Å². The molecule has 1 aliphatic heterocycles. The maximum atomic E-state index is 12.6. The molecule has 10 heteroatoms. The summed E-state index contributed by atoms with van der Waals surface area (Å²) in [5.74, 6) is -0.212. The Morgan fingerprint density at radius 2 is 1.60 bits per heavy atom. The van der Waals surface area contributed by atoms with Crippen LogP contribution >= 0.6 is 0 Å². The summed E-state index contributed by atoms with van der Waals surface area (Å²) in [4.78, 5) is 34.6. The number of amides is 2. The molecule has 2 aromatic rings. The number of carbonyl (C=O) groups is 2. The molecular formula is C20H25N5O4S. The van der Waals surface area contributed by atoms with Crippen molar-refractivity contribution >= 4 is 33.5 Å². The number of aromatic nitrogens is 2. The fraction of sp³-hybridized carbons (Fsp3) is 0.400. The minimum absolute atomic E-state index is 0.0440. The van der Waals surface area contributed by atoms with Crippen molar-refractivity contribution in [2.75, 3.05) is 23.3 Å². The van der Waals surface area contributed by atoms with E-state index in [2.05, 4.69) is 20.2 Å². The molecule has 0 bridgehead atoms. The van der Waals surface area contributed by atoms with Gasteiger partial charge in [-0.15, -0.1) is 0 Å². The van der Waals surface area contributed by atoms with Crippen molar-refractivity contribution in [3.05, 3.63) is 41.7 Å². The van der Waals surface area contributed by atoms with Gasteiger partial charge in [0.1, 0.15) is 0 Å². The molecule has 0 spiro atoms. The molecule has 2 heterocycles. The van der Waals surface area contributed by atoms with Crippen molar-refractivity contribution in [1.29, 1.82) is 0 Å². The summed E-state index contributed by atoms with van der Waals surface area (Å²) < 4.78 is 25.9. The summed E-state index contributed by atoms with van der Waals surface area (Å²) in [7, 11) is -3.89. The first kappa shape index (κ1) is 21.7. The molecule has 1 saturated heterocycles. The van der Waals surface area contributed by atoms with E-state index in [1.165, 1.54) is 24.3 Å². The second kappa shape index (κ2) is 8.78. The molecule has 0 aliphatic carbocycles. The molecule has 0 radical (unpaired) electrons. The lowest BCUT2D eigenvalue weighted by molar-refractivity contribution is -0.120. The van der Waals surface area contributed by atoms with Crippen LogP contribution in [0.5, 0.6) is 0 Å². The normalized spacial score (nSPS) is 15.0. The Kier molecular flexibility index (Phi) is 6.35. The molecule has 160 valence electrons. The van der Waals surface area contributed by atoms with Gasteiger partial charge in [-0.2, -0.15) is 0 Å². The lowest BCUT2D eigenvalue weighted by atomic mass is 9.96. The highest BCUT2D eigenvalue weighted by Crippen LogP contribution is 2.23. The van der Waals surface area contributed by atoms with Crippen LogP contribution in [0.3, 0.4) is 0 Å². The van der Waals surface area contributed by atoms with Crippen molar-refractivity contribution in [1.82, 2.24) is 14.7 Å². The zero-order chi connectivity index (χ0) is 21.9. The highest BCUT2D eigenvalue weighted by molar-refractivity contribution is 7.90. The Balaban J connectivity index is 1.57. The van der Waals surface area contributed by atoms with E-state index in [0.29, 0.717) is 37.6 Å². The largest absolute Gasteiger partial charge is 0.341 e. The molecule has 1 aromatic heterocycles. The summed E-state index contributed by atoms with van der Waals surface area (Å²) in [5.41, 5.74) is 2.34. The first-order chi connectivity index (χ1) is 14.1. The summed E-state index contributed by atoms with van der Waals surface area (Å²) in [6.45, 7) is 6.38. The average Bonchev–Trinajstić information content (AvgIpc) is 2.67. The number of benzene rings is 1. The standard InChI is InChI=1S/C20H25N5O4S/c1-13-12-14(2)22-20(21-13)25-10-8-16(9-11-25)19(27)23-17-4-6-18(7-5-17)30(28,29)24-15(3)26/h4-7,12,16H,8-11H2,1-3H3,(H,23,27)(H,24,26). The summed E-state index contributed by atoms with van der Waals surface area (Å²) in [6.07, 6.45) is 1.36. The lowest BCUT2D eigenvalue weighted by Gasteiger charge is -2.31. The SMILES string of the molecule is CC(=O)NS(=O)(=O)c1ccc(NC(=O)C2CCN(c3nc(C)cc(C)n3)CC2)cc1. The average molecular weight is 432 g/mol. The van der Waals surface area contributed by atoms with Crippen LogP contribution in [0.25, 0.3) is 0 Å². The molecule has 2 N–H and O–H groups in total. The van der Waals surface area contributed by atoms with Crippen LogP contribution in [0.2, 0.25) is 0 Å². The molecule has 1 fully saturated rings. The van der Waals surface area contributed by atoms with Gasteiger partial charge in [-0.1, -0.05) is 0 Å². The Bertz CT molecular complexity index is 1030. The van der Waals surface area contributed by atoms with Crippen molar-refractivity contribution in [3.63, 3.8) is 0 Å². The van der Waals surface area contributed by atoms with E-state index in [1.807, 2.05) is 24.6 Å². The predicted octanol–water partition coefficient (Wildman–Crippen LogP) is 1.77. The maximum Gasteiger partial charge on any atom is 0.264 e. The van der Waals surface area contributed by atoms with Gasteiger partial charge in [0.05, 0.1) is 4.90 Å². The first-order valence-electron chi connectivity index (χ1n) is 9.65. The predicted molar refractivity (Wildman–Crippen MR) is 113 cm³/mol. The van der Waals surface area contributed by atoms with Gasteiger partial charge in [0, 0.05) is 43.0 Å². The van der Waals surface area contributed by atoms with Crippen LogP contribution in [0.1, 0.15) is 31.2 Å². The number of nitrogens with zero attached hydrogens (tertiary/aromatic N) is 3. The number of sulfonamides is 1. The van der Waals surface area contributed by atoms with Crippen LogP contribution in [-0.4, -0.2) is 43.3 Å². The maximum absolute atomic E-state index is 12.6. The van der Waals surface area contributed by atoms with Crippen molar-refractivity contribution < 1.29 is 18.0 Å². The van der Waals surface area contributed by atoms with Gasteiger partial charge < -0.3 is 10.2 Å². The van der Waals surface area contributed by atoms with Gasteiger partial charge in [0.25, 0.3) is 10.0 Å². The van der Waals surface area contributed by atoms with E-state index in [9.17, 15) is 18.0 Å². The number of rotatable bonds is 5. The van der Waals surface area contributed by atoms with Crippen LogP contribution < -0.4 is 14.9 Å². The quantitative estimate of drug-likeness (QED) is 0.740. The van der Waals surface area contributed by atoms with E-state index in [0.717, 1.165) is 18.3 Å². The number of hydrogen-bond acceptors (Lipinski definition) is 7. The molecule has 3 rings (SSSR count). The molecule has 0 atom stereocenters. The molecule has 0 unspecified atom stereocenters. The second-order valence-electron chi connectivity index (χ2n) is 7.39. The van der Waals surface area contributed by atoms with Crippen molar-refractivity contribution in [2.24, 2.45) is 5.92 Å². The fourth-order valence-electron chi connectivity index (χ4n) is 3.40. The fourth-order valence-corrected chi connectivity index (χ4v) is 4.39. The third kappa shape index (κ3) is 5.32. The second-order valence-corrected chi connectivity index (χ2v) is 9.07. The molecule has 0 saturated carbocycles. The number of anilines is 2. The summed E-state index contributed by atoms with van der Waals surface area (Å²) >= 11 is 0.